The minimum atomic E-state index is 0.258. The molecule has 86 valence electrons. The summed E-state index contributed by atoms with van der Waals surface area (Å²) in [6.07, 6.45) is 0.782. The molecule has 0 aliphatic carbocycles. The lowest BCUT2D eigenvalue weighted by Crippen LogP contribution is -2.00. The molecule has 0 spiro atoms. The molecular formula is C13H14Cl2O. The van der Waals surface area contributed by atoms with Gasteiger partial charge in [-0.2, -0.15) is 0 Å². The quantitative estimate of drug-likeness (QED) is 0.737. The number of methoxy groups -OCH3 is 1. The molecule has 0 N–H and O–H groups in total. The minimum absolute atomic E-state index is 0.258. The van der Waals surface area contributed by atoms with E-state index in [2.05, 4.69) is 18.8 Å². The van der Waals surface area contributed by atoms with E-state index in [0.717, 1.165) is 12.0 Å². The van der Waals surface area contributed by atoms with Gasteiger partial charge >= 0.3 is 0 Å². The fourth-order valence-electron chi connectivity index (χ4n) is 1.62. The maximum atomic E-state index is 6.05. The molecule has 0 amide bonds. The molecule has 0 aliphatic heterocycles. The number of halogens is 2. The highest BCUT2D eigenvalue weighted by Crippen LogP contribution is 2.33. The molecule has 3 heteroatoms. The molecule has 1 aromatic carbocycles. The molecule has 1 rings (SSSR count). The third-order valence-corrected chi connectivity index (χ3v) is 2.71. The van der Waals surface area contributed by atoms with Gasteiger partial charge in [0.25, 0.3) is 0 Å². The average Bonchev–Trinajstić information content (AvgIpc) is 2.17. The minimum Gasteiger partial charge on any atom is -0.495 e. The van der Waals surface area contributed by atoms with E-state index in [-0.39, 0.29) is 5.92 Å². The summed E-state index contributed by atoms with van der Waals surface area (Å²) in [7, 11) is 1.61. The van der Waals surface area contributed by atoms with E-state index in [1.54, 1.807) is 13.2 Å². The van der Waals surface area contributed by atoms with Gasteiger partial charge in [0.2, 0.25) is 0 Å². The van der Waals surface area contributed by atoms with Crippen molar-refractivity contribution < 1.29 is 4.74 Å². The first kappa shape index (κ1) is 13.2. The van der Waals surface area contributed by atoms with Crippen molar-refractivity contribution in [3.8, 4) is 17.6 Å². The van der Waals surface area contributed by atoms with Crippen LogP contribution in [0.25, 0.3) is 0 Å². The van der Waals surface area contributed by atoms with Gasteiger partial charge in [0.15, 0.2) is 0 Å². The Hall–Kier alpha value is -0.840. The predicted molar refractivity (Wildman–Crippen MR) is 69.3 cm³/mol. The molecule has 0 aliphatic rings. The molecule has 0 saturated carbocycles. The van der Waals surface area contributed by atoms with Crippen molar-refractivity contribution in [3.05, 3.63) is 27.7 Å². The van der Waals surface area contributed by atoms with Crippen molar-refractivity contribution in [2.75, 3.05) is 7.11 Å². The highest BCUT2D eigenvalue weighted by molar-refractivity contribution is 6.35. The highest BCUT2D eigenvalue weighted by atomic mass is 35.5. The van der Waals surface area contributed by atoms with E-state index < -0.39 is 0 Å². The van der Waals surface area contributed by atoms with Crippen molar-refractivity contribution in [3.63, 3.8) is 0 Å². The number of hydrogen-bond donors (Lipinski definition) is 0. The summed E-state index contributed by atoms with van der Waals surface area (Å²) in [6.45, 7) is 3.89. The van der Waals surface area contributed by atoms with Gasteiger partial charge in [-0.3, -0.25) is 0 Å². The van der Waals surface area contributed by atoms with Crippen molar-refractivity contribution in [2.24, 2.45) is 5.92 Å². The second kappa shape index (κ2) is 6.03. The van der Waals surface area contributed by atoms with Crippen LogP contribution in [0.4, 0.5) is 0 Å². The van der Waals surface area contributed by atoms with Crippen LogP contribution >= 0.6 is 23.2 Å². The van der Waals surface area contributed by atoms with E-state index in [9.17, 15) is 0 Å². The summed E-state index contributed by atoms with van der Waals surface area (Å²) in [4.78, 5) is 0. The van der Waals surface area contributed by atoms with Crippen LogP contribution in [-0.2, 0) is 6.42 Å². The van der Waals surface area contributed by atoms with Crippen LogP contribution in [0.1, 0.15) is 19.4 Å². The Morgan fingerprint density at radius 3 is 2.62 bits per heavy atom. The number of benzene rings is 1. The Morgan fingerprint density at radius 2 is 2.06 bits per heavy atom. The smallest absolute Gasteiger partial charge is 0.140 e. The van der Waals surface area contributed by atoms with Crippen molar-refractivity contribution in [1.29, 1.82) is 0 Å². The van der Waals surface area contributed by atoms with Crippen LogP contribution < -0.4 is 4.74 Å². The SMILES string of the molecule is CC#CC(C)Cc1cc(Cl)cc(Cl)c1OC. The summed E-state index contributed by atoms with van der Waals surface area (Å²) in [6, 6.07) is 3.56. The van der Waals surface area contributed by atoms with Crippen molar-refractivity contribution in [1.82, 2.24) is 0 Å². The molecule has 0 bridgehead atoms. The van der Waals surface area contributed by atoms with Gasteiger partial charge in [0.1, 0.15) is 5.75 Å². The van der Waals surface area contributed by atoms with Crippen molar-refractivity contribution >= 4 is 23.2 Å². The van der Waals surface area contributed by atoms with E-state index in [1.165, 1.54) is 0 Å². The molecule has 1 nitrogen and oxygen atoms in total. The number of hydrogen-bond acceptors (Lipinski definition) is 1. The maximum Gasteiger partial charge on any atom is 0.140 e. The van der Waals surface area contributed by atoms with E-state index in [0.29, 0.717) is 15.8 Å². The van der Waals surface area contributed by atoms with E-state index in [1.807, 2.05) is 13.0 Å². The molecule has 0 heterocycles. The first-order valence-corrected chi connectivity index (χ1v) is 5.78. The van der Waals surface area contributed by atoms with E-state index >= 15 is 0 Å². The zero-order chi connectivity index (χ0) is 12.1. The van der Waals surface area contributed by atoms with Crippen LogP contribution in [-0.4, -0.2) is 7.11 Å². The molecule has 0 fully saturated rings. The highest BCUT2D eigenvalue weighted by Gasteiger charge is 2.11. The van der Waals surface area contributed by atoms with Gasteiger partial charge < -0.3 is 4.74 Å². The monoisotopic (exact) mass is 256 g/mol. The average molecular weight is 257 g/mol. The second-order valence-corrected chi connectivity index (χ2v) is 4.42. The third-order valence-electron chi connectivity index (χ3n) is 2.21. The third kappa shape index (κ3) is 3.33. The molecule has 0 radical (unpaired) electrons. The summed E-state index contributed by atoms with van der Waals surface area (Å²) < 4.78 is 5.27. The molecule has 1 atom stereocenters. The first-order chi connectivity index (χ1) is 7.58. The van der Waals surface area contributed by atoms with Gasteiger partial charge in [-0.1, -0.05) is 30.1 Å². The summed E-state index contributed by atoms with van der Waals surface area (Å²) in [5, 5.41) is 1.17. The number of rotatable bonds is 3. The molecular weight excluding hydrogens is 243 g/mol. The summed E-state index contributed by atoms with van der Waals surface area (Å²) in [5.74, 6) is 6.94. The number of ether oxygens (including phenoxy) is 1. The van der Waals surface area contributed by atoms with Gasteiger partial charge in [-0.15, -0.1) is 11.8 Å². The topological polar surface area (TPSA) is 9.23 Å². The Morgan fingerprint density at radius 1 is 1.38 bits per heavy atom. The lowest BCUT2D eigenvalue weighted by atomic mass is 10.0. The lowest BCUT2D eigenvalue weighted by molar-refractivity contribution is 0.408. The lowest BCUT2D eigenvalue weighted by Gasteiger charge is -2.12. The molecule has 0 aromatic heterocycles. The Bertz CT molecular complexity index is 430. The molecule has 0 saturated heterocycles. The van der Waals surface area contributed by atoms with Crippen LogP contribution in [0.15, 0.2) is 12.1 Å². The summed E-state index contributed by atoms with van der Waals surface area (Å²) >= 11 is 12.0. The van der Waals surface area contributed by atoms with Gasteiger partial charge in [-0.05, 0) is 31.0 Å². The zero-order valence-electron chi connectivity index (χ0n) is 9.60. The standard InChI is InChI=1S/C13H14Cl2O/c1-4-5-9(2)6-10-7-11(14)8-12(15)13(10)16-3/h7-9H,6H2,1-3H3. The Balaban J connectivity index is 3.05. The Kier molecular flexibility index (Phi) is 4.99. The predicted octanol–water partition coefficient (Wildman–Crippen LogP) is 4.20. The first-order valence-electron chi connectivity index (χ1n) is 5.02. The molecule has 1 aromatic rings. The second-order valence-electron chi connectivity index (χ2n) is 3.58. The van der Waals surface area contributed by atoms with Gasteiger partial charge in [0.05, 0.1) is 12.1 Å². The van der Waals surface area contributed by atoms with E-state index in [4.69, 9.17) is 27.9 Å². The van der Waals surface area contributed by atoms with Crippen LogP contribution in [0.2, 0.25) is 10.0 Å². The van der Waals surface area contributed by atoms with Crippen LogP contribution in [0.3, 0.4) is 0 Å². The van der Waals surface area contributed by atoms with Gasteiger partial charge in [0, 0.05) is 10.9 Å². The summed E-state index contributed by atoms with van der Waals surface area (Å²) in [5.41, 5.74) is 0.996. The molecule has 16 heavy (non-hydrogen) atoms. The normalized spacial score (nSPS) is 11.6. The van der Waals surface area contributed by atoms with Gasteiger partial charge in [-0.25, -0.2) is 0 Å². The fourth-order valence-corrected chi connectivity index (χ4v) is 2.23. The van der Waals surface area contributed by atoms with Crippen molar-refractivity contribution in [2.45, 2.75) is 20.3 Å². The maximum absolute atomic E-state index is 6.05. The molecule has 1 unspecified atom stereocenters. The Labute approximate surface area is 107 Å². The van der Waals surface area contributed by atoms with Crippen LogP contribution in [0, 0.1) is 17.8 Å². The largest absolute Gasteiger partial charge is 0.495 e. The zero-order valence-corrected chi connectivity index (χ0v) is 11.1. The fraction of sp³-hybridized carbons (Fsp3) is 0.385. The van der Waals surface area contributed by atoms with Crippen LogP contribution in [0.5, 0.6) is 5.75 Å².